The van der Waals surface area contributed by atoms with Crippen LogP contribution in [0.5, 0.6) is 0 Å². The Bertz CT molecular complexity index is 2120. The standard InChI is InChI=1S/C48H41N.C2H6/c1-34(48(39-25-15-6-16-26-39)47-33-46(49-47)38-23-13-5-14-24-38)40-27-30-43(44(31-40)37-21-11-4-12-22-37)45-32-41(35-17-7-2-8-18-35)28-29-42(45)36-19-9-3-10-20-36;1-2/h2-32,34,46-49H,33H2,1H3;1-2H3. The van der Waals surface area contributed by atoms with Crippen LogP contribution in [0.25, 0.3) is 44.5 Å². The number of benzene rings is 7. The largest absolute Gasteiger partial charge is 0.306 e. The highest BCUT2D eigenvalue weighted by Gasteiger charge is 2.39. The molecule has 1 saturated heterocycles. The Hall–Kier alpha value is -5.50. The second kappa shape index (κ2) is 16.0. The zero-order valence-electron chi connectivity index (χ0n) is 29.9. The molecule has 7 aromatic carbocycles. The first kappa shape index (κ1) is 34.0. The van der Waals surface area contributed by atoms with Crippen LogP contribution in [0.1, 0.15) is 61.8 Å². The molecule has 0 aliphatic carbocycles. The van der Waals surface area contributed by atoms with Gasteiger partial charge in [0.2, 0.25) is 0 Å². The zero-order chi connectivity index (χ0) is 35.0. The topological polar surface area (TPSA) is 12.0 Å². The summed E-state index contributed by atoms with van der Waals surface area (Å²) in [6, 6.07) is 69.4. The van der Waals surface area contributed by atoms with Gasteiger partial charge in [-0.2, -0.15) is 0 Å². The van der Waals surface area contributed by atoms with Crippen molar-refractivity contribution in [2.45, 2.75) is 51.1 Å². The van der Waals surface area contributed by atoms with Gasteiger partial charge in [0.1, 0.15) is 0 Å². The average Bonchev–Trinajstić information content (AvgIpc) is 3.21. The summed E-state index contributed by atoms with van der Waals surface area (Å²) < 4.78 is 0. The summed E-state index contributed by atoms with van der Waals surface area (Å²) in [5, 5.41) is 3.98. The molecule has 51 heavy (non-hydrogen) atoms. The number of rotatable bonds is 9. The van der Waals surface area contributed by atoms with E-state index in [0.717, 1.165) is 6.42 Å². The fraction of sp³-hybridized carbons (Fsp3) is 0.160. The van der Waals surface area contributed by atoms with Gasteiger partial charge in [-0.15, -0.1) is 0 Å². The molecule has 7 aromatic rings. The third-order valence-corrected chi connectivity index (χ3v) is 10.4. The Morgan fingerprint density at radius 2 is 0.922 bits per heavy atom. The van der Waals surface area contributed by atoms with E-state index in [9.17, 15) is 0 Å². The molecule has 0 bridgehead atoms. The van der Waals surface area contributed by atoms with E-state index >= 15 is 0 Å². The fourth-order valence-electron chi connectivity index (χ4n) is 7.79. The van der Waals surface area contributed by atoms with Gasteiger partial charge in [0.15, 0.2) is 0 Å². The molecule has 0 amide bonds. The molecular formula is C50H47N. The van der Waals surface area contributed by atoms with Crippen molar-refractivity contribution < 1.29 is 0 Å². The van der Waals surface area contributed by atoms with E-state index in [2.05, 4.69) is 200 Å². The molecule has 252 valence electrons. The molecule has 1 nitrogen and oxygen atoms in total. The molecule has 0 aromatic heterocycles. The average molecular weight is 662 g/mol. The van der Waals surface area contributed by atoms with Crippen molar-refractivity contribution in [2.24, 2.45) is 0 Å². The second-order valence-electron chi connectivity index (χ2n) is 13.4. The maximum atomic E-state index is 3.98. The van der Waals surface area contributed by atoms with Crippen LogP contribution in [0.15, 0.2) is 188 Å². The van der Waals surface area contributed by atoms with Crippen molar-refractivity contribution in [1.82, 2.24) is 5.32 Å². The molecule has 1 aliphatic rings. The maximum absolute atomic E-state index is 3.98. The van der Waals surface area contributed by atoms with Gasteiger partial charge in [-0.3, -0.25) is 0 Å². The summed E-state index contributed by atoms with van der Waals surface area (Å²) in [4.78, 5) is 0. The zero-order valence-corrected chi connectivity index (χ0v) is 29.9. The molecule has 1 fully saturated rings. The van der Waals surface area contributed by atoms with Crippen molar-refractivity contribution >= 4 is 0 Å². The molecular weight excluding hydrogens is 615 g/mol. The summed E-state index contributed by atoms with van der Waals surface area (Å²) in [6.07, 6.45) is 1.13. The first-order valence-corrected chi connectivity index (χ1v) is 18.5. The lowest BCUT2D eigenvalue weighted by atomic mass is 9.71. The van der Waals surface area contributed by atoms with Crippen molar-refractivity contribution in [1.29, 1.82) is 0 Å². The van der Waals surface area contributed by atoms with Crippen molar-refractivity contribution in [3.8, 4) is 44.5 Å². The van der Waals surface area contributed by atoms with Crippen LogP contribution >= 0.6 is 0 Å². The molecule has 1 heterocycles. The van der Waals surface area contributed by atoms with Crippen LogP contribution in [-0.2, 0) is 0 Å². The van der Waals surface area contributed by atoms with Gasteiger partial charge in [0.25, 0.3) is 0 Å². The van der Waals surface area contributed by atoms with Crippen LogP contribution in [0.2, 0.25) is 0 Å². The fourth-order valence-corrected chi connectivity index (χ4v) is 7.79. The Morgan fingerprint density at radius 3 is 1.51 bits per heavy atom. The lowest BCUT2D eigenvalue weighted by Gasteiger charge is -2.45. The molecule has 1 N–H and O–H groups in total. The molecule has 4 unspecified atom stereocenters. The third kappa shape index (κ3) is 7.36. The summed E-state index contributed by atoms with van der Waals surface area (Å²) in [5.74, 6) is 0.648. The summed E-state index contributed by atoms with van der Waals surface area (Å²) in [6.45, 7) is 6.42. The minimum atomic E-state index is 0.303. The Balaban J connectivity index is 0.00000200. The van der Waals surface area contributed by atoms with Gasteiger partial charge >= 0.3 is 0 Å². The highest BCUT2D eigenvalue weighted by atomic mass is 15.0. The Labute approximate surface area is 304 Å². The van der Waals surface area contributed by atoms with Gasteiger partial charge < -0.3 is 5.32 Å². The second-order valence-corrected chi connectivity index (χ2v) is 13.4. The number of hydrogen-bond donors (Lipinski definition) is 1. The summed E-state index contributed by atoms with van der Waals surface area (Å²) in [5.41, 5.74) is 14.0. The van der Waals surface area contributed by atoms with E-state index in [4.69, 9.17) is 0 Å². The first-order chi connectivity index (χ1) is 25.2. The minimum Gasteiger partial charge on any atom is -0.306 e. The first-order valence-electron chi connectivity index (χ1n) is 18.5. The lowest BCUT2D eigenvalue weighted by molar-refractivity contribution is 0.217. The van der Waals surface area contributed by atoms with Crippen molar-refractivity contribution in [2.75, 3.05) is 0 Å². The molecule has 0 saturated carbocycles. The molecule has 1 aliphatic heterocycles. The maximum Gasteiger partial charge on any atom is 0.0337 e. The van der Waals surface area contributed by atoms with Gasteiger partial charge in [-0.25, -0.2) is 0 Å². The van der Waals surface area contributed by atoms with E-state index < -0.39 is 0 Å². The summed E-state index contributed by atoms with van der Waals surface area (Å²) >= 11 is 0. The van der Waals surface area contributed by atoms with Crippen LogP contribution < -0.4 is 5.32 Å². The molecule has 8 rings (SSSR count). The van der Waals surface area contributed by atoms with Crippen molar-refractivity contribution in [3.63, 3.8) is 0 Å². The predicted molar refractivity (Wildman–Crippen MR) is 218 cm³/mol. The van der Waals surface area contributed by atoms with E-state index in [1.807, 2.05) is 13.8 Å². The highest BCUT2D eigenvalue weighted by molar-refractivity contribution is 5.94. The number of hydrogen-bond acceptors (Lipinski definition) is 1. The van der Waals surface area contributed by atoms with Gasteiger partial charge in [0, 0.05) is 18.0 Å². The van der Waals surface area contributed by atoms with Crippen LogP contribution in [0, 0.1) is 0 Å². The monoisotopic (exact) mass is 661 g/mol. The third-order valence-electron chi connectivity index (χ3n) is 10.4. The van der Waals surface area contributed by atoms with Crippen LogP contribution in [-0.4, -0.2) is 6.04 Å². The lowest BCUT2D eigenvalue weighted by Crippen LogP contribution is -2.50. The van der Waals surface area contributed by atoms with Crippen molar-refractivity contribution in [3.05, 3.63) is 205 Å². The van der Waals surface area contributed by atoms with Crippen LogP contribution in [0.4, 0.5) is 0 Å². The van der Waals surface area contributed by atoms with E-state index in [0.29, 0.717) is 23.9 Å². The normalized spacial score (nSPS) is 16.2. The predicted octanol–water partition coefficient (Wildman–Crippen LogP) is 13.4. The molecule has 1 heteroatoms. The van der Waals surface area contributed by atoms with E-state index in [1.54, 1.807) is 0 Å². The highest BCUT2D eigenvalue weighted by Crippen LogP contribution is 2.46. The van der Waals surface area contributed by atoms with Gasteiger partial charge in [-0.05, 0) is 79.6 Å². The minimum absolute atomic E-state index is 0.303. The SMILES string of the molecule is CC.CC(c1ccc(-c2cc(-c3ccccc3)ccc2-c2ccccc2)c(-c2ccccc2)c1)C(c1ccccc1)C1CC(c2ccccc2)N1. The van der Waals surface area contributed by atoms with E-state index in [-0.39, 0.29) is 0 Å². The van der Waals surface area contributed by atoms with Crippen LogP contribution in [0.3, 0.4) is 0 Å². The van der Waals surface area contributed by atoms with Gasteiger partial charge in [-0.1, -0.05) is 203 Å². The number of nitrogens with one attached hydrogen (secondary N) is 1. The smallest absolute Gasteiger partial charge is 0.0337 e. The summed E-state index contributed by atoms with van der Waals surface area (Å²) in [7, 11) is 0. The Morgan fingerprint density at radius 1 is 0.431 bits per heavy atom. The molecule has 4 atom stereocenters. The Kier molecular flexibility index (Phi) is 10.7. The van der Waals surface area contributed by atoms with Gasteiger partial charge in [0.05, 0.1) is 0 Å². The molecule has 0 radical (unpaired) electrons. The quantitative estimate of drug-likeness (QED) is 0.162. The van der Waals surface area contributed by atoms with E-state index in [1.165, 1.54) is 61.2 Å². The molecule has 0 spiro atoms.